The second-order valence-corrected chi connectivity index (χ2v) is 10.3. The van der Waals surface area contributed by atoms with Gasteiger partial charge in [-0.3, -0.25) is 0 Å². The van der Waals surface area contributed by atoms with E-state index in [0.29, 0.717) is 0 Å². The molecule has 40 heavy (non-hydrogen) atoms. The van der Waals surface area contributed by atoms with Gasteiger partial charge in [0, 0.05) is 10.9 Å². The Kier molecular flexibility index (Phi) is 5.21. The van der Waals surface area contributed by atoms with Crippen molar-refractivity contribution in [3.8, 4) is 33.5 Å². The van der Waals surface area contributed by atoms with Crippen LogP contribution in [0.4, 0.5) is 0 Å². The number of fused-ring (bicyclic) bond motifs is 4. The molecule has 1 nitrogen and oxygen atoms in total. The zero-order valence-corrected chi connectivity index (χ0v) is 21.9. The van der Waals surface area contributed by atoms with E-state index in [9.17, 15) is 0 Å². The molecule has 0 aliphatic heterocycles. The molecule has 0 saturated carbocycles. The number of rotatable bonds is 3. The smallest absolute Gasteiger partial charge is 0.0722 e. The molecule has 0 amide bonds. The van der Waals surface area contributed by atoms with E-state index in [4.69, 9.17) is 4.98 Å². The van der Waals surface area contributed by atoms with E-state index >= 15 is 0 Å². The maximum Gasteiger partial charge on any atom is 0.0722 e. The largest absolute Gasteiger partial charge is 0.248 e. The summed E-state index contributed by atoms with van der Waals surface area (Å²) in [6.07, 6.45) is 0. The van der Waals surface area contributed by atoms with Gasteiger partial charge in [-0.2, -0.15) is 0 Å². The first kappa shape index (κ1) is 22.7. The summed E-state index contributed by atoms with van der Waals surface area (Å²) in [4.78, 5) is 5.15. The Morgan fingerprint density at radius 2 is 0.850 bits per heavy atom. The fraction of sp³-hybridized carbons (Fsp3) is 0. The normalized spacial score (nSPS) is 11.5. The van der Waals surface area contributed by atoms with E-state index in [-0.39, 0.29) is 0 Å². The number of hydrogen-bond donors (Lipinski definition) is 0. The van der Waals surface area contributed by atoms with Gasteiger partial charge in [0.1, 0.15) is 0 Å². The molecule has 8 rings (SSSR count). The molecular weight excluding hydrogens is 482 g/mol. The van der Waals surface area contributed by atoms with Crippen LogP contribution in [0.5, 0.6) is 0 Å². The molecule has 0 bridgehead atoms. The van der Waals surface area contributed by atoms with Gasteiger partial charge < -0.3 is 0 Å². The number of para-hydroxylation sites is 1. The second-order valence-electron chi connectivity index (χ2n) is 10.3. The highest BCUT2D eigenvalue weighted by Crippen LogP contribution is 2.46. The van der Waals surface area contributed by atoms with Crippen LogP contribution in [-0.4, -0.2) is 4.98 Å². The zero-order valence-electron chi connectivity index (χ0n) is 21.9. The van der Waals surface area contributed by atoms with E-state index < -0.39 is 0 Å². The average Bonchev–Trinajstić information content (AvgIpc) is 3.03. The van der Waals surface area contributed by atoms with Gasteiger partial charge in [-0.1, -0.05) is 127 Å². The van der Waals surface area contributed by atoms with Crippen molar-refractivity contribution in [3.05, 3.63) is 152 Å². The summed E-state index contributed by atoms with van der Waals surface area (Å²) < 4.78 is 0. The molecule has 0 aliphatic carbocycles. The summed E-state index contributed by atoms with van der Waals surface area (Å²) in [5, 5.41) is 8.54. The Labute approximate surface area is 233 Å². The van der Waals surface area contributed by atoms with E-state index in [0.717, 1.165) is 16.6 Å². The third kappa shape index (κ3) is 3.60. The minimum Gasteiger partial charge on any atom is -0.248 e. The van der Waals surface area contributed by atoms with Gasteiger partial charge in [0.2, 0.25) is 0 Å². The van der Waals surface area contributed by atoms with Crippen LogP contribution in [0.1, 0.15) is 0 Å². The van der Waals surface area contributed by atoms with Crippen LogP contribution < -0.4 is 0 Å². The monoisotopic (exact) mass is 507 g/mol. The molecule has 0 unspecified atom stereocenters. The topological polar surface area (TPSA) is 12.9 Å². The molecule has 0 fully saturated rings. The third-order valence-electron chi connectivity index (χ3n) is 8.03. The first-order valence-corrected chi connectivity index (χ1v) is 13.7. The lowest BCUT2D eigenvalue weighted by Gasteiger charge is -2.20. The Morgan fingerprint density at radius 1 is 0.350 bits per heavy atom. The maximum atomic E-state index is 5.15. The molecule has 1 aromatic heterocycles. The van der Waals surface area contributed by atoms with Gasteiger partial charge in [-0.05, 0) is 78.8 Å². The van der Waals surface area contributed by atoms with Crippen LogP contribution >= 0.6 is 0 Å². The van der Waals surface area contributed by atoms with Gasteiger partial charge in [-0.15, -0.1) is 0 Å². The van der Waals surface area contributed by atoms with Crippen LogP contribution in [-0.2, 0) is 0 Å². The molecular formula is C39H25N. The van der Waals surface area contributed by atoms with Crippen molar-refractivity contribution in [2.75, 3.05) is 0 Å². The fourth-order valence-electron chi connectivity index (χ4n) is 6.20. The number of hydrogen-bond acceptors (Lipinski definition) is 1. The van der Waals surface area contributed by atoms with Crippen molar-refractivity contribution in [2.24, 2.45) is 0 Å². The van der Waals surface area contributed by atoms with Crippen LogP contribution in [0.15, 0.2) is 152 Å². The molecule has 1 heteroatoms. The minimum atomic E-state index is 0.999. The Balaban J connectivity index is 1.53. The number of aromatic nitrogens is 1. The molecule has 0 atom stereocenters. The summed E-state index contributed by atoms with van der Waals surface area (Å²) >= 11 is 0. The van der Waals surface area contributed by atoms with Crippen molar-refractivity contribution in [3.63, 3.8) is 0 Å². The Bertz CT molecular complexity index is 2150. The summed E-state index contributed by atoms with van der Waals surface area (Å²) in [5.74, 6) is 0. The quantitative estimate of drug-likeness (QED) is 0.217. The second kappa shape index (κ2) is 9.18. The standard InChI is InChI=1S/C39H25N/c1-2-12-26(13-3-1)34-24-28-15-4-5-16-29(28)25-35(34)38-30-17-7-9-19-32(30)39(33-20-10-8-18-31(33)38)37-23-22-27-14-6-11-21-36(27)40-37/h1-25H. The molecule has 0 spiro atoms. The van der Waals surface area contributed by atoms with Crippen molar-refractivity contribution in [1.29, 1.82) is 0 Å². The molecule has 186 valence electrons. The van der Waals surface area contributed by atoms with E-state index in [1.807, 2.05) is 0 Å². The first-order valence-electron chi connectivity index (χ1n) is 13.7. The molecule has 8 aromatic rings. The van der Waals surface area contributed by atoms with Crippen molar-refractivity contribution in [1.82, 2.24) is 4.98 Å². The molecule has 0 radical (unpaired) electrons. The van der Waals surface area contributed by atoms with Crippen molar-refractivity contribution in [2.45, 2.75) is 0 Å². The predicted octanol–water partition coefficient (Wildman–Crippen LogP) is 10.7. The zero-order chi connectivity index (χ0) is 26.5. The Hall–Kier alpha value is -5.27. The first-order chi connectivity index (χ1) is 19.8. The van der Waals surface area contributed by atoms with Crippen molar-refractivity contribution >= 4 is 43.2 Å². The van der Waals surface area contributed by atoms with Gasteiger partial charge in [-0.25, -0.2) is 4.98 Å². The maximum absolute atomic E-state index is 5.15. The molecule has 0 N–H and O–H groups in total. The van der Waals surface area contributed by atoms with Gasteiger partial charge in [0.25, 0.3) is 0 Å². The lowest BCUT2D eigenvalue weighted by atomic mass is 9.83. The fourth-order valence-corrected chi connectivity index (χ4v) is 6.20. The number of nitrogens with zero attached hydrogens (tertiary/aromatic N) is 1. The SMILES string of the molecule is c1ccc(-c2cc3ccccc3cc2-c2c3ccccc3c(-c3ccc4ccccc4n3)c3ccccc23)cc1. The van der Waals surface area contributed by atoms with Crippen molar-refractivity contribution < 1.29 is 0 Å². The van der Waals surface area contributed by atoms with Crippen LogP contribution in [0, 0.1) is 0 Å². The van der Waals surface area contributed by atoms with Crippen LogP contribution in [0.3, 0.4) is 0 Å². The molecule has 1 heterocycles. The highest BCUT2D eigenvalue weighted by atomic mass is 14.7. The van der Waals surface area contributed by atoms with Gasteiger partial charge in [0.05, 0.1) is 11.2 Å². The van der Waals surface area contributed by atoms with E-state index in [1.165, 1.54) is 60.1 Å². The number of pyridine rings is 1. The average molecular weight is 508 g/mol. The van der Waals surface area contributed by atoms with E-state index in [1.54, 1.807) is 0 Å². The summed E-state index contributed by atoms with van der Waals surface area (Å²) in [6.45, 7) is 0. The Morgan fingerprint density at radius 3 is 1.50 bits per heavy atom. The van der Waals surface area contributed by atoms with Crippen LogP contribution in [0.25, 0.3) is 76.7 Å². The molecule has 7 aromatic carbocycles. The van der Waals surface area contributed by atoms with E-state index in [2.05, 4.69) is 152 Å². The summed E-state index contributed by atoms with van der Waals surface area (Å²) in [7, 11) is 0. The van der Waals surface area contributed by atoms with Gasteiger partial charge >= 0.3 is 0 Å². The molecule has 0 saturated heterocycles. The summed E-state index contributed by atoms with van der Waals surface area (Å²) in [6, 6.07) is 54.5. The predicted molar refractivity (Wildman–Crippen MR) is 171 cm³/mol. The highest BCUT2D eigenvalue weighted by Gasteiger charge is 2.20. The highest BCUT2D eigenvalue weighted by molar-refractivity contribution is 6.22. The van der Waals surface area contributed by atoms with Gasteiger partial charge in [0.15, 0.2) is 0 Å². The lowest BCUT2D eigenvalue weighted by molar-refractivity contribution is 1.42. The third-order valence-corrected chi connectivity index (χ3v) is 8.03. The minimum absolute atomic E-state index is 0.999. The number of benzene rings is 7. The van der Waals surface area contributed by atoms with Crippen LogP contribution in [0.2, 0.25) is 0 Å². The summed E-state index contributed by atoms with van der Waals surface area (Å²) in [5.41, 5.74) is 8.17. The molecule has 0 aliphatic rings. The lowest BCUT2D eigenvalue weighted by Crippen LogP contribution is -1.94.